The lowest BCUT2D eigenvalue weighted by Crippen LogP contribution is -2.32. The molecule has 0 spiro atoms. The molecule has 0 saturated heterocycles. The number of nitrogens with one attached hydrogen (secondary N) is 1. The highest BCUT2D eigenvalue weighted by Gasteiger charge is 2.19. The van der Waals surface area contributed by atoms with Crippen LogP contribution in [-0.4, -0.2) is 20.7 Å². The molecule has 0 fully saturated rings. The molecular formula is C17H18N4OS. The van der Waals surface area contributed by atoms with E-state index in [0.29, 0.717) is 13.0 Å². The Kier molecular flexibility index (Phi) is 4.83. The number of amides is 1. The number of carbonyl (C=O) groups excluding carboxylic acids is 1. The van der Waals surface area contributed by atoms with Crippen molar-refractivity contribution in [3.63, 3.8) is 0 Å². The van der Waals surface area contributed by atoms with Crippen LogP contribution in [-0.2, 0) is 11.3 Å². The summed E-state index contributed by atoms with van der Waals surface area (Å²) in [6, 6.07) is 11.6. The van der Waals surface area contributed by atoms with Gasteiger partial charge in [-0.05, 0) is 12.5 Å². The van der Waals surface area contributed by atoms with Gasteiger partial charge in [-0.1, -0.05) is 37.3 Å². The predicted molar refractivity (Wildman–Crippen MR) is 91.0 cm³/mol. The second kappa shape index (κ2) is 7.19. The normalized spacial score (nSPS) is 12.0. The summed E-state index contributed by atoms with van der Waals surface area (Å²) >= 11 is 1.55. The van der Waals surface area contributed by atoms with Crippen molar-refractivity contribution in [2.24, 2.45) is 0 Å². The first-order valence-electron chi connectivity index (χ1n) is 7.54. The number of nitrogens with zero attached hydrogens (tertiary/aromatic N) is 3. The van der Waals surface area contributed by atoms with Crippen LogP contribution in [0.4, 0.5) is 0 Å². The molecule has 6 heteroatoms. The summed E-state index contributed by atoms with van der Waals surface area (Å²) in [6.07, 6.45) is 4.20. The molecule has 0 aliphatic heterocycles. The molecule has 1 amide bonds. The fourth-order valence-electron chi connectivity index (χ4n) is 2.47. The Morgan fingerprint density at radius 2 is 2.13 bits per heavy atom. The molecule has 3 rings (SSSR count). The van der Waals surface area contributed by atoms with Crippen molar-refractivity contribution in [3.8, 4) is 11.3 Å². The van der Waals surface area contributed by atoms with Crippen LogP contribution >= 0.6 is 11.3 Å². The minimum atomic E-state index is -0.280. The monoisotopic (exact) mass is 326 g/mol. The predicted octanol–water partition coefficient (Wildman–Crippen LogP) is 3.27. The van der Waals surface area contributed by atoms with Gasteiger partial charge in [-0.2, -0.15) is 5.10 Å². The van der Waals surface area contributed by atoms with Crippen LogP contribution < -0.4 is 5.32 Å². The number of aromatic nitrogens is 3. The third kappa shape index (κ3) is 3.48. The van der Waals surface area contributed by atoms with Gasteiger partial charge in [0.15, 0.2) is 0 Å². The van der Waals surface area contributed by atoms with E-state index in [1.807, 2.05) is 55.0 Å². The minimum Gasteiger partial charge on any atom is -0.349 e. The molecule has 0 saturated carbocycles. The van der Waals surface area contributed by atoms with E-state index in [1.54, 1.807) is 22.2 Å². The number of hydrogen-bond donors (Lipinski definition) is 1. The van der Waals surface area contributed by atoms with Crippen molar-refractivity contribution in [2.45, 2.75) is 25.9 Å². The maximum Gasteiger partial charge on any atom is 0.245 e. The molecule has 0 unspecified atom stereocenters. The average molecular weight is 326 g/mol. The standard InChI is InChI=1S/C17H18N4OS/c1-2-14(21-10-6-9-20-21)17(22)18-11-15-16(19-12-23-15)13-7-4-3-5-8-13/h3-10,12,14H,2,11H2,1H3,(H,18,22)/t14-/m0/s1. The second-order valence-electron chi connectivity index (χ2n) is 5.12. The van der Waals surface area contributed by atoms with Crippen LogP contribution in [0.15, 0.2) is 54.3 Å². The molecule has 1 N–H and O–H groups in total. The van der Waals surface area contributed by atoms with E-state index in [2.05, 4.69) is 15.4 Å². The van der Waals surface area contributed by atoms with Gasteiger partial charge in [-0.15, -0.1) is 11.3 Å². The summed E-state index contributed by atoms with van der Waals surface area (Å²) in [6.45, 7) is 2.46. The van der Waals surface area contributed by atoms with E-state index in [9.17, 15) is 4.79 Å². The summed E-state index contributed by atoms with van der Waals surface area (Å²) in [4.78, 5) is 17.9. The van der Waals surface area contributed by atoms with Crippen LogP contribution in [0, 0.1) is 0 Å². The van der Waals surface area contributed by atoms with Crippen LogP contribution in [0.1, 0.15) is 24.3 Å². The Labute approximate surface area is 139 Å². The zero-order valence-electron chi connectivity index (χ0n) is 12.8. The van der Waals surface area contributed by atoms with Gasteiger partial charge in [0.25, 0.3) is 0 Å². The van der Waals surface area contributed by atoms with E-state index >= 15 is 0 Å². The number of hydrogen-bond acceptors (Lipinski definition) is 4. The number of carbonyl (C=O) groups is 1. The summed E-state index contributed by atoms with van der Waals surface area (Å²) in [5.74, 6) is -0.0244. The van der Waals surface area contributed by atoms with Crippen LogP contribution in [0.5, 0.6) is 0 Å². The molecule has 0 aliphatic carbocycles. The molecule has 1 aromatic carbocycles. The first-order valence-corrected chi connectivity index (χ1v) is 8.42. The van der Waals surface area contributed by atoms with Crippen molar-refractivity contribution < 1.29 is 4.79 Å². The van der Waals surface area contributed by atoms with E-state index in [4.69, 9.17) is 0 Å². The van der Waals surface area contributed by atoms with Gasteiger partial charge in [-0.25, -0.2) is 4.98 Å². The first kappa shape index (κ1) is 15.4. The summed E-state index contributed by atoms with van der Waals surface area (Å²) in [5.41, 5.74) is 3.81. The third-order valence-corrected chi connectivity index (χ3v) is 4.48. The van der Waals surface area contributed by atoms with Gasteiger partial charge in [0.05, 0.1) is 22.6 Å². The highest BCUT2D eigenvalue weighted by molar-refractivity contribution is 7.10. The molecule has 3 aromatic rings. The zero-order valence-corrected chi connectivity index (χ0v) is 13.7. The molecule has 0 aliphatic rings. The maximum atomic E-state index is 12.4. The molecule has 118 valence electrons. The molecule has 2 aromatic heterocycles. The second-order valence-corrected chi connectivity index (χ2v) is 6.06. The number of rotatable bonds is 6. The summed E-state index contributed by atoms with van der Waals surface area (Å²) < 4.78 is 1.69. The molecule has 0 radical (unpaired) electrons. The third-order valence-electron chi connectivity index (χ3n) is 3.64. The molecule has 0 bridgehead atoms. The van der Waals surface area contributed by atoms with Crippen LogP contribution in [0.25, 0.3) is 11.3 Å². The lowest BCUT2D eigenvalue weighted by atomic mass is 10.1. The molecule has 2 heterocycles. The lowest BCUT2D eigenvalue weighted by Gasteiger charge is -2.15. The number of benzene rings is 1. The maximum absolute atomic E-state index is 12.4. The van der Waals surface area contributed by atoms with Crippen molar-refractivity contribution in [1.29, 1.82) is 0 Å². The Bertz CT molecular complexity index is 752. The zero-order chi connectivity index (χ0) is 16.1. The van der Waals surface area contributed by atoms with Gasteiger partial charge < -0.3 is 5.32 Å². The van der Waals surface area contributed by atoms with Crippen molar-refractivity contribution >= 4 is 17.2 Å². The van der Waals surface area contributed by atoms with Crippen LogP contribution in [0.2, 0.25) is 0 Å². The minimum absolute atomic E-state index is 0.0244. The SMILES string of the molecule is CC[C@@H](C(=O)NCc1scnc1-c1ccccc1)n1cccn1. The molecular weight excluding hydrogens is 308 g/mol. The Morgan fingerprint density at radius 3 is 2.83 bits per heavy atom. The topological polar surface area (TPSA) is 59.8 Å². The summed E-state index contributed by atoms with van der Waals surface area (Å²) in [5, 5.41) is 7.17. The average Bonchev–Trinajstić information content (AvgIpc) is 3.26. The Hall–Kier alpha value is -2.47. The van der Waals surface area contributed by atoms with E-state index in [1.165, 1.54) is 0 Å². The fourth-order valence-corrected chi connectivity index (χ4v) is 3.19. The van der Waals surface area contributed by atoms with Crippen LogP contribution in [0.3, 0.4) is 0 Å². The molecule has 1 atom stereocenters. The highest BCUT2D eigenvalue weighted by atomic mass is 32.1. The van der Waals surface area contributed by atoms with E-state index in [-0.39, 0.29) is 11.9 Å². The highest BCUT2D eigenvalue weighted by Crippen LogP contribution is 2.25. The van der Waals surface area contributed by atoms with Gasteiger partial charge in [-0.3, -0.25) is 9.48 Å². The molecule has 5 nitrogen and oxygen atoms in total. The lowest BCUT2D eigenvalue weighted by molar-refractivity contribution is -0.124. The van der Waals surface area contributed by atoms with Gasteiger partial charge >= 0.3 is 0 Å². The van der Waals surface area contributed by atoms with Crippen molar-refractivity contribution in [1.82, 2.24) is 20.1 Å². The fraction of sp³-hybridized carbons (Fsp3) is 0.235. The first-order chi connectivity index (χ1) is 11.3. The quantitative estimate of drug-likeness (QED) is 0.756. The van der Waals surface area contributed by atoms with Gasteiger partial charge in [0, 0.05) is 18.0 Å². The van der Waals surface area contributed by atoms with Gasteiger partial charge in [0.1, 0.15) is 6.04 Å². The van der Waals surface area contributed by atoms with E-state index in [0.717, 1.165) is 16.1 Å². The van der Waals surface area contributed by atoms with Crippen molar-refractivity contribution in [2.75, 3.05) is 0 Å². The summed E-state index contributed by atoms with van der Waals surface area (Å²) in [7, 11) is 0. The van der Waals surface area contributed by atoms with E-state index < -0.39 is 0 Å². The Balaban J connectivity index is 1.69. The molecule has 23 heavy (non-hydrogen) atoms. The Morgan fingerprint density at radius 1 is 1.30 bits per heavy atom. The van der Waals surface area contributed by atoms with Gasteiger partial charge in [0.2, 0.25) is 5.91 Å². The largest absolute Gasteiger partial charge is 0.349 e. The van der Waals surface area contributed by atoms with Crippen molar-refractivity contribution in [3.05, 3.63) is 59.2 Å². The number of thiazole rings is 1. The smallest absolute Gasteiger partial charge is 0.245 e.